The number of aromatic amines is 1. The van der Waals surface area contributed by atoms with Gasteiger partial charge < -0.3 is 20.4 Å². The normalized spacial score (nSPS) is 14.6. The van der Waals surface area contributed by atoms with Crippen LogP contribution in [-0.2, 0) is 7.05 Å². The van der Waals surface area contributed by atoms with E-state index in [1.807, 2.05) is 12.1 Å². The minimum Gasteiger partial charge on any atom is -0.396 e. The van der Waals surface area contributed by atoms with Gasteiger partial charge in [0.1, 0.15) is 17.2 Å². The third-order valence-corrected chi connectivity index (χ3v) is 5.09. The average Bonchev–Trinajstić information content (AvgIpc) is 3.48. The standard InChI is InChI=1S/C20H25N7O2/c1-13(7-10-28)27(14-3-4-14)15-5-8-21-18(11-15)24-17-6-9-22-19(25-17)16-12-23-26(2)20(16)29/h5-6,8-9,11-14,23,28H,3-4,7,10H2,1-2H3,(H,21,22,24,25)/t13-/m0/s1. The van der Waals surface area contributed by atoms with E-state index >= 15 is 0 Å². The van der Waals surface area contributed by atoms with Crippen molar-refractivity contribution in [2.45, 2.75) is 38.3 Å². The molecule has 3 aromatic heterocycles. The Hall–Kier alpha value is -3.20. The third kappa shape index (κ3) is 4.14. The van der Waals surface area contributed by atoms with Crippen molar-refractivity contribution >= 4 is 17.3 Å². The van der Waals surface area contributed by atoms with Crippen LogP contribution in [0.5, 0.6) is 0 Å². The molecule has 4 rings (SSSR count). The van der Waals surface area contributed by atoms with E-state index in [1.165, 1.54) is 17.5 Å². The van der Waals surface area contributed by atoms with Gasteiger partial charge in [-0.3, -0.25) is 9.48 Å². The number of aromatic nitrogens is 5. The second kappa shape index (κ2) is 8.04. The largest absolute Gasteiger partial charge is 0.396 e. The van der Waals surface area contributed by atoms with Gasteiger partial charge in [0.15, 0.2) is 5.82 Å². The van der Waals surface area contributed by atoms with Crippen molar-refractivity contribution in [3.05, 3.63) is 47.1 Å². The van der Waals surface area contributed by atoms with E-state index in [0.717, 1.165) is 12.1 Å². The van der Waals surface area contributed by atoms with Gasteiger partial charge in [-0.05, 0) is 38.3 Å². The van der Waals surface area contributed by atoms with Crippen LogP contribution < -0.4 is 15.8 Å². The summed E-state index contributed by atoms with van der Waals surface area (Å²) in [6.07, 6.45) is 8.03. The Labute approximate surface area is 168 Å². The van der Waals surface area contributed by atoms with Crippen molar-refractivity contribution in [2.75, 3.05) is 16.8 Å². The quantitative estimate of drug-likeness (QED) is 0.535. The van der Waals surface area contributed by atoms with E-state index in [0.29, 0.717) is 29.1 Å². The summed E-state index contributed by atoms with van der Waals surface area (Å²) in [6.45, 7) is 2.30. The van der Waals surface area contributed by atoms with Crippen LogP contribution in [0.15, 0.2) is 41.6 Å². The molecule has 9 heteroatoms. The lowest BCUT2D eigenvalue weighted by atomic mass is 10.2. The van der Waals surface area contributed by atoms with E-state index in [2.05, 4.69) is 37.2 Å². The number of anilines is 3. The lowest BCUT2D eigenvalue weighted by Gasteiger charge is -2.31. The molecule has 0 unspecified atom stereocenters. The van der Waals surface area contributed by atoms with Gasteiger partial charge >= 0.3 is 0 Å². The predicted molar refractivity (Wildman–Crippen MR) is 111 cm³/mol. The Kier molecular flexibility index (Phi) is 5.30. The van der Waals surface area contributed by atoms with E-state index in [4.69, 9.17) is 0 Å². The zero-order chi connectivity index (χ0) is 20.4. The van der Waals surface area contributed by atoms with Gasteiger partial charge in [0.2, 0.25) is 0 Å². The number of pyridine rings is 1. The van der Waals surface area contributed by atoms with Crippen LogP contribution in [0, 0.1) is 0 Å². The topological polar surface area (TPSA) is 112 Å². The molecule has 0 radical (unpaired) electrons. The van der Waals surface area contributed by atoms with Crippen LogP contribution in [0.25, 0.3) is 11.4 Å². The molecule has 9 nitrogen and oxygen atoms in total. The molecule has 1 atom stereocenters. The van der Waals surface area contributed by atoms with Crippen LogP contribution >= 0.6 is 0 Å². The van der Waals surface area contributed by atoms with Crippen LogP contribution in [0.1, 0.15) is 26.2 Å². The molecule has 1 aliphatic rings. The fourth-order valence-corrected chi connectivity index (χ4v) is 3.46. The first-order valence-corrected chi connectivity index (χ1v) is 9.77. The zero-order valence-electron chi connectivity index (χ0n) is 16.5. The van der Waals surface area contributed by atoms with Crippen LogP contribution in [0.4, 0.5) is 17.3 Å². The SMILES string of the molecule is C[C@@H](CCO)N(c1ccnc(Nc2ccnc(-c3c[nH]n(C)c3=O)n2)c1)C1CC1. The van der Waals surface area contributed by atoms with E-state index in [-0.39, 0.29) is 18.2 Å². The van der Waals surface area contributed by atoms with Gasteiger partial charge in [0.25, 0.3) is 5.56 Å². The fraction of sp³-hybridized carbons (Fsp3) is 0.400. The van der Waals surface area contributed by atoms with Gasteiger partial charge in [0, 0.05) is 56.1 Å². The maximum Gasteiger partial charge on any atom is 0.277 e. The van der Waals surface area contributed by atoms with Crippen molar-refractivity contribution in [3.8, 4) is 11.4 Å². The molecule has 3 aromatic rings. The molecule has 3 heterocycles. The summed E-state index contributed by atoms with van der Waals surface area (Å²) in [7, 11) is 1.65. The first-order valence-electron chi connectivity index (χ1n) is 9.77. The predicted octanol–water partition coefficient (Wildman–Crippen LogP) is 2.05. The first kappa shape index (κ1) is 19.1. The Morgan fingerprint density at radius 3 is 2.79 bits per heavy atom. The number of nitrogens with zero attached hydrogens (tertiary/aromatic N) is 5. The summed E-state index contributed by atoms with van der Waals surface area (Å²) in [5.41, 5.74) is 1.30. The molecule has 1 aliphatic carbocycles. The summed E-state index contributed by atoms with van der Waals surface area (Å²) in [6, 6.07) is 6.48. The Morgan fingerprint density at radius 1 is 1.31 bits per heavy atom. The van der Waals surface area contributed by atoms with Crippen molar-refractivity contribution in [2.24, 2.45) is 7.05 Å². The monoisotopic (exact) mass is 395 g/mol. The number of aliphatic hydroxyl groups is 1. The van der Waals surface area contributed by atoms with E-state index in [9.17, 15) is 9.90 Å². The van der Waals surface area contributed by atoms with Crippen LogP contribution in [0.3, 0.4) is 0 Å². The molecule has 3 N–H and O–H groups in total. The summed E-state index contributed by atoms with van der Waals surface area (Å²) < 4.78 is 1.38. The lowest BCUT2D eigenvalue weighted by molar-refractivity contribution is 0.275. The number of hydrogen-bond acceptors (Lipinski definition) is 7. The maximum atomic E-state index is 12.1. The molecular formula is C20H25N7O2. The Morgan fingerprint density at radius 2 is 2.10 bits per heavy atom. The van der Waals surface area contributed by atoms with Crippen LogP contribution in [0.2, 0.25) is 0 Å². The van der Waals surface area contributed by atoms with Crippen molar-refractivity contribution < 1.29 is 5.11 Å². The molecule has 0 bridgehead atoms. The van der Waals surface area contributed by atoms with E-state index in [1.54, 1.807) is 31.7 Å². The summed E-state index contributed by atoms with van der Waals surface area (Å²) in [4.78, 5) is 27.6. The molecule has 0 aromatic carbocycles. The first-order chi connectivity index (χ1) is 14.1. The van der Waals surface area contributed by atoms with Crippen molar-refractivity contribution in [1.82, 2.24) is 24.7 Å². The second-order valence-corrected chi connectivity index (χ2v) is 7.34. The summed E-state index contributed by atoms with van der Waals surface area (Å²) in [5.74, 6) is 1.57. The number of H-pyrrole nitrogens is 1. The summed E-state index contributed by atoms with van der Waals surface area (Å²) in [5, 5.41) is 15.4. The van der Waals surface area contributed by atoms with Gasteiger partial charge in [-0.2, -0.15) is 0 Å². The Bertz CT molecular complexity index is 1040. The highest BCUT2D eigenvalue weighted by Crippen LogP contribution is 2.35. The van der Waals surface area contributed by atoms with Gasteiger partial charge in [0.05, 0.1) is 0 Å². The van der Waals surface area contributed by atoms with Crippen molar-refractivity contribution in [3.63, 3.8) is 0 Å². The van der Waals surface area contributed by atoms with Crippen LogP contribution in [-0.4, -0.2) is 48.5 Å². The smallest absolute Gasteiger partial charge is 0.277 e. The zero-order valence-corrected chi connectivity index (χ0v) is 16.5. The second-order valence-electron chi connectivity index (χ2n) is 7.34. The maximum absolute atomic E-state index is 12.1. The molecule has 0 spiro atoms. The number of aliphatic hydroxyl groups excluding tert-OH is 1. The number of nitrogens with one attached hydrogen (secondary N) is 2. The molecule has 29 heavy (non-hydrogen) atoms. The highest BCUT2D eigenvalue weighted by Gasteiger charge is 2.32. The van der Waals surface area contributed by atoms with Gasteiger partial charge in [-0.1, -0.05) is 0 Å². The molecule has 0 aliphatic heterocycles. The molecule has 0 saturated heterocycles. The molecule has 1 saturated carbocycles. The molecule has 1 fully saturated rings. The Balaban J connectivity index is 1.57. The summed E-state index contributed by atoms with van der Waals surface area (Å²) >= 11 is 0. The lowest BCUT2D eigenvalue weighted by Crippen LogP contribution is -2.35. The van der Waals surface area contributed by atoms with Gasteiger partial charge in [-0.25, -0.2) is 15.0 Å². The fourth-order valence-electron chi connectivity index (χ4n) is 3.46. The molecular weight excluding hydrogens is 370 g/mol. The van der Waals surface area contributed by atoms with Gasteiger partial charge in [-0.15, -0.1) is 0 Å². The highest BCUT2D eigenvalue weighted by molar-refractivity contribution is 5.62. The number of rotatable bonds is 8. The van der Waals surface area contributed by atoms with Crippen molar-refractivity contribution in [1.29, 1.82) is 0 Å². The molecule has 0 amide bonds. The highest BCUT2D eigenvalue weighted by atomic mass is 16.3. The number of aryl methyl sites for hydroxylation is 1. The minimum atomic E-state index is -0.180. The minimum absolute atomic E-state index is 0.170. The average molecular weight is 395 g/mol. The van der Waals surface area contributed by atoms with E-state index < -0.39 is 0 Å². The molecule has 152 valence electrons. The number of hydrogen-bond donors (Lipinski definition) is 3. The third-order valence-electron chi connectivity index (χ3n) is 5.09.